The Bertz CT molecular complexity index is 688. The summed E-state index contributed by atoms with van der Waals surface area (Å²) in [6.45, 7) is 0.449. The molecule has 0 saturated heterocycles. The fraction of sp³-hybridized carbons (Fsp3) is 0.278. The number of halogens is 2. The fourth-order valence-corrected chi connectivity index (χ4v) is 2.77. The molecule has 23 heavy (non-hydrogen) atoms. The molecule has 2 aromatic carbocycles. The van der Waals surface area contributed by atoms with Crippen molar-refractivity contribution in [2.45, 2.75) is 19.4 Å². The lowest BCUT2D eigenvalue weighted by atomic mass is 10.1. The van der Waals surface area contributed by atoms with Crippen LogP contribution in [0.5, 0.6) is 5.75 Å². The van der Waals surface area contributed by atoms with Gasteiger partial charge in [-0.15, -0.1) is 0 Å². The van der Waals surface area contributed by atoms with Crippen LogP contribution in [-0.2, 0) is 17.8 Å². The maximum absolute atomic E-state index is 12.3. The zero-order chi connectivity index (χ0) is 16.8. The predicted octanol–water partition coefficient (Wildman–Crippen LogP) is 4.59. The monoisotopic (exact) mass is 351 g/mol. The van der Waals surface area contributed by atoms with E-state index in [-0.39, 0.29) is 5.91 Å². The molecule has 122 valence electrons. The summed E-state index contributed by atoms with van der Waals surface area (Å²) in [6, 6.07) is 13.0. The zero-order valence-corrected chi connectivity index (χ0v) is 14.7. The summed E-state index contributed by atoms with van der Waals surface area (Å²) in [6.07, 6.45) is 1.03. The largest absolute Gasteiger partial charge is 0.496 e. The van der Waals surface area contributed by atoms with Crippen LogP contribution < -0.4 is 4.74 Å². The molecule has 2 aromatic rings. The molecule has 0 heterocycles. The summed E-state index contributed by atoms with van der Waals surface area (Å²) in [5.74, 6) is 0.770. The fourth-order valence-electron chi connectivity index (χ4n) is 2.35. The Morgan fingerprint density at radius 2 is 1.87 bits per heavy atom. The first-order chi connectivity index (χ1) is 11.0. The molecule has 0 atom stereocenters. The number of hydrogen-bond donors (Lipinski definition) is 0. The van der Waals surface area contributed by atoms with E-state index in [4.69, 9.17) is 27.9 Å². The summed E-state index contributed by atoms with van der Waals surface area (Å²) < 4.78 is 5.31. The molecule has 0 N–H and O–H groups in total. The van der Waals surface area contributed by atoms with Crippen LogP contribution in [-0.4, -0.2) is 25.0 Å². The van der Waals surface area contributed by atoms with E-state index < -0.39 is 0 Å². The second kappa shape index (κ2) is 8.23. The molecule has 0 aromatic heterocycles. The van der Waals surface area contributed by atoms with Crippen molar-refractivity contribution in [2.24, 2.45) is 0 Å². The Kier molecular flexibility index (Phi) is 6.31. The Morgan fingerprint density at radius 1 is 1.13 bits per heavy atom. The van der Waals surface area contributed by atoms with Gasteiger partial charge in [0.1, 0.15) is 5.75 Å². The summed E-state index contributed by atoms with van der Waals surface area (Å²) in [7, 11) is 3.38. The molecule has 0 radical (unpaired) electrons. The van der Waals surface area contributed by atoms with Gasteiger partial charge in [-0.2, -0.15) is 0 Å². The van der Waals surface area contributed by atoms with E-state index in [0.717, 1.165) is 16.9 Å². The van der Waals surface area contributed by atoms with Crippen LogP contribution in [0.1, 0.15) is 17.5 Å². The van der Waals surface area contributed by atoms with Crippen LogP contribution in [0.25, 0.3) is 0 Å². The first kappa shape index (κ1) is 17.6. The third kappa shape index (κ3) is 4.88. The van der Waals surface area contributed by atoms with Crippen LogP contribution in [0.15, 0.2) is 42.5 Å². The number of rotatable bonds is 6. The van der Waals surface area contributed by atoms with E-state index in [1.807, 2.05) is 30.3 Å². The molecule has 5 heteroatoms. The number of nitrogens with zero attached hydrogens (tertiary/aromatic N) is 1. The van der Waals surface area contributed by atoms with Gasteiger partial charge in [-0.25, -0.2) is 0 Å². The van der Waals surface area contributed by atoms with Gasteiger partial charge in [0, 0.05) is 35.6 Å². The third-order valence-electron chi connectivity index (χ3n) is 3.64. The van der Waals surface area contributed by atoms with Crippen molar-refractivity contribution in [3.05, 3.63) is 63.6 Å². The van der Waals surface area contributed by atoms with E-state index in [2.05, 4.69) is 0 Å². The third-order valence-corrected chi connectivity index (χ3v) is 4.25. The van der Waals surface area contributed by atoms with Crippen molar-refractivity contribution in [3.8, 4) is 5.75 Å². The molecule has 0 bridgehead atoms. The highest BCUT2D eigenvalue weighted by molar-refractivity contribution is 6.31. The average molecular weight is 352 g/mol. The molecule has 0 spiro atoms. The minimum absolute atomic E-state index is 0.0481. The van der Waals surface area contributed by atoms with Gasteiger partial charge in [0.25, 0.3) is 0 Å². The van der Waals surface area contributed by atoms with Gasteiger partial charge < -0.3 is 9.64 Å². The van der Waals surface area contributed by atoms with Crippen LogP contribution in [0.2, 0.25) is 10.0 Å². The van der Waals surface area contributed by atoms with Crippen LogP contribution in [0.3, 0.4) is 0 Å². The van der Waals surface area contributed by atoms with Gasteiger partial charge in [0.15, 0.2) is 0 Å². The van der Waals surface area contributed by atoms with E-state index >= 15 is 0 Å². The average Bonchev–Trinajstić information content (AvgIpc) is 2.54. The number of ether oxygens (including phenoxy) is 1. The van der Waals surface area contributed by atoms with Crippen molar-refractivity contribution in [2.75, 3.05) is 14.2 Å². The zero-order valence-electron chi connectivity index (χ0n) is 13.2. The highest BCUT2D eigenvalue weighted by Crippen LogP contribution is 2.24. The highest BCUT2D eigenvalue weighted by Gasteiger charge is 2.13. The molecule has 2 rings (SSSR count). The molecular formula is C18H19Cl2NO2. The maximum Gasteiger partial charge on any atom is 0.222 e. The van der Waals surface area contributed by atoms with Gasteiger partial charge in [0.2, 0.25) is 5.91 Å². The lowest BCUT2D eigenvalue weighted by Gasteiger charge is -2.19. The number of amides is 1. The molecule has 0 aliphatic rings. The van der Waals surface area contributed by atoms with Crippen molar-refractivity contribution in [1.82, 2.24) is 4.90 Å². The van der Waals surface area contributed by atoms with Gasteiger partial charge >= 0.3 is 0 Å². The quantitative estimate of drug-likeness (QED) is 0.761. The first-order valence-corrected chi connectivity index (χ1v) is 8.06. The second-order valence-corrected chi connectivity index (χ2v) is 6.14. The standard InChI is InChI=1S/C18H19Cl2NO2/c1-21(12-14-11-15(19)8-9-17(14)23-2)18(22)10-7-13-5-3-4-6-16(13)20/h3-6,8-9,11H,7,10,12H2,1-2H3. The van der Waals surface area contributed by atoms with Crippen LogP contribution in [0, 0.1) is 0 Å². The van der Waals surface area contributed by atoms with Crippen molar-refractivity contribution in [3.63, 3.8) is 0 Å². The van der Waals surface area contributed by atoms with Gasteiger partial charge in [-0.1, -0.05) is 41.4 Å². The molecule has 0 saturated carbocycles. The summed E-state index contributed by atoms with van der Waals surface area (Å²) in [4.78, 5) is 14.0. The van der Waals surface area contributed by atoms with Crippen LogP contribution in [0.4, 0.5) is 0 Å². The second-order valence-electron chi connectivity index (χ2n) is 5.30. The number of carbonyl (C=O) groups excluding carboxylic acids is 1. The summed E-state index contributed by atoms with van der Waals surface area (Å²) >= 11 is 12.1. The topological polar surface area (TPSA) is 29.5 Å². The van der Waals surface area contributed by atoms with Crippen LogP contribution >= 0.6 is 23.2 Å². The molecular weight excluding hydrogens is 333 g/mol. The Labute approximate surface area is 146 Å². The van der Waals surface area contributed by atoms with Crippen molar-refractivity contribution in [1.29, 1.82) is 0 Å². The predicted molar refractivity (Wildman–Crippen MR) is 94.3 cm³/mol. The first-order valence-electron chi connectivity index (χ1n) is 7.31. The number of aryl methyl sites for hydroxylation is 1. The Balaban J connectivity index is 1.98. The maximum atomic E-state index is 12.3. The molecule has 0 fully saturated rings. The molecule has 0 aliphatic carbocycles. The number of benzene rings is 2. The minimum Gasteiger partial charge on any atom is -0.496 e. The normalized spacial score (nSPS) is 10.4. The van der Waals surface area contributed by atoms with Crippen molar-refractivity contribution < 1.29 is 9.53 Å². The Hall–Kier alpha value is -1.71. The molecule has 0 unspecified atom stereocenters. The summed E-state index contributed by atoms with van der Waals surface area (Å²) in [5.41, 5.74) is 1.87. The minimum atomic E-state index is 0.0481. The highest BCUT2D eigenvalue weighted by atomic mass is 35.5. The SMILES string of the molecule is COc1ccc(Cl)cc1CN(C)C(=O)CCc1ccccc1Cl. The van der Waals surface area contributed by atoms with Gasteiger partial charge in [-0.05, 0) is 36.2 Å². The molecule has 3 nitrogen and oxygen atoms in total. The van der Waals surface area contributed by atoms with Gasteiger partial charge in [0.05, 0.1) is 7.11 Å². The summed E-state index contributed by atoms with van der Waals surface area (Å²) in [5, 5.41) is 1.32. The van der Waals surface area contributed by atoms with Gasteiger partial charge in [-0.3, -0.25) is 4.79 Å². The lowest BCUT2D eigenvalue weighted by Crippen LogP contribution is -2.26. The Morgan fingerprint density at radius 3 is 2.57 bits per heavy atom. The number of carbonyl (C=O) groups is 1. The van der Waals surface area contributed by atoms with E-state index in [1.54, 1.807) is 31.2 Å². The van der Waals surface area contributed by atoms with E-state index in [0.29, 0.717) is 29.4 Å². The van der Waals surface area contributed by atoms with Crippen molar-refractivity contribution >= 4 is 29.1 Å². The van der Waals surface area contributed by atoms with E-state index in [1.165, 1.54) is 0 Å². The lowest BCUT2D eigenvalue weighted by molar-refractivity contribution is -0.130. The smallest absolute Gasteiger partial charge is 0.222 e. The number of methoxy groups -OCH3 is 1. The molecule has 1 amide bonds. The number of hydrogen-bond acceptors (Lipinski definition) is 2. The van der Waals surface area contributed by atoms with E-state index in [9.17, 15) is 4.79 Å². The molecule has 0 aliphatic heterocycles.